The maximum absolute atomic E-state index is 11.3. The standard InChI is InChI=1S/C11H14ClNO4/c1-7-5-9(6-16-15)13-8(2)11(7)17-10(14)3-4-12/h5,15H,3-4,6H2,1-2H3. The second kappa shape index (κ2) is 6.54. The van der Waals surface area contributed by atoms with Crippen LogP contribution in [-0.2, 0) is 16.3 Å². The van der Waals surface area contributed by atoms with Crippen LogP contribution in [0.1, 0.15) is 23.4 Å². The van der Waals surface area contributed by atoms with Crippen LogP contribution in [0.2, 0.25) is 0 Å². The van der Waals surface area contributed by atoms with Crippen molar-refractivity contribution in [3.05, 3.63) is 23.0 Å². The molecule has 0 radical (unpaired) electrons. The Balaban J connectivity index is 2.89. The molecule has 1 heterocycles. The van der Waals surface area contributed by atoms with E-state index in [4.69, 9.17) is 21.6 Å². The summed E-state index contributed by atoms with van der Waals surface area (Å²) in [5.41, 5.74) is 1.90. The minimum absolute atomic E-state index is 0.00239. The van der Waals surface area contributed by atoms with Crippen LogP contribution < -0.4 is 4.74 Å². The van der Waals surface area contributed by atoms with E-state index in [1.807, 2.05) is 0 Å². The molecule has 0 aliphatic rings. The highest BCUT2D eigenvalue weighted by molar-refractivity contribution is 6.18. The van der Waals surface area contributed by atoms with E-state index in [0.717, 1.165) is 5.56 Å². The fourth-order valence-electron chi connectivity index (χ4n) is 1.44. The number of esters is 1. The smallest absolute Gasteiger partial charge is 0.312 e. The molecule has 0 amide bonds. The van der Waals surface area contributed by atoms with Gasteiger partial charge in [0, 0.05) is 5.88 Å². The summed E-state index contributed by atoms with van der Waals surface area (Å²) < 4.78 is 5.16. The van der Waals surface area contributed by atoms with E-state index in [0.29, 0.717) is 17.1 Å². The zero-order chi connectivity index (χ0) is 12.8. The van der Waals surface area contributed by atoms with Gasteiger partial charge in [0.05, 0.1) is 17.8 Å². The maximum atomic E-state index is 11.3. The van der Waals surface area contributed by atoms with Gasteiger partial charge in [0.2, 0.25) is 0 Å². The Morgan fingerprint density at radius 1 is 1.53 bits per heavy atom. The molecular weight excluding hydrogens is 246 g/mol. The molecule has 0 unspecified atom stereocenters. The summed E-state index contributed by atoms with van der Waals surface area (Å²) in [6, 6.07) is 1.69. The second-order valence-corrected chi connectivity index (χ2v) is 3.91. The molecular formula is C11H14ClNO4. The van der Waals surface area contributed by atoms with Gasteiger partial charge < -0.3 is 4.74 Å². The number of carbonyl (C=O) groups is 1. The molecule has 0 fully saturated rings. The van der Waals surface area contributed by atoms with Crippen LogP contribution in [0.5, 0.6) is 5.75 Å². The number of nitrogens with zero attached hydrogens (tertiary/aromatic N) is 1. The van der Waals surface area contributed by atoms with Crippen LogP contribution in [-0.4, -0.2) is 22.1 Å². The Hall–Kier alpha value is -1.17. The molecule has 6 heteroatoms. The van der Waals surface area contributed by atoms with E-state index in [9.17, 15) is 4.79 Å². The van der Waals surface area contributed by atoms with Crippen molar-refractivity contribution in [1.82, 2.24) is 4.98 Å². The third kappa shape index (κ3) is 3.96. The molecule has 0 aromatic carbocycles. The Morgan fingerprint density at radius 2 is 2.24 bits per heavy atom. The van der Waals surface area contributed by atoms with Crippen molar-refractivity contribution in [2.24, 2.45) is 0 Å². The monoisotopic (exact) mass is 259 g/mol. The number of ether oxygens (including phenoxy) is 1. The van der Waals surface area contributed by atoms with E-state index < -0.39 is 0 Å². The lowest BCUT2D eigenvalue weighted by Gasteiger charge is -2.11. The van der Waals surface area contributed by atoms with Gasteiger partial charge >= 0.3 is 5.97 Å². The lowest BCUT2D eigenvalue weighted by atomic mass is 10.2. The first kappa shape index (κ1) is 13.9. The summed E-state index contributed by atoms with van der Waals surface area (Å²) in [6.45, 7) is 3.51. The van der Waals surface area contributed by atoms with Crippen LogP contribution in [0.15, 0.2) is 6.07 Å². The molecule has 1 aromatic heterocycles. The summed E-state index contributed by atoms with van der Waals surface area (Å²) in [7, 11) is 0. The molecule has 0 saturated carbocycles. The summed E-state index contributed by atoms with van der Waals surface area (Å²) >= 11 is 5.45. The molecule has 94 valence electrons. The van der Waals surface area contributed by atoms with Crippen molar-refractivity contribution in [3.63, 3.8) is 0 Å². The quantitative estimate of drug-likeness (QED) is 0.380. The number of halogens is 1. The maximum Gasteiger partial charge on any atom is 0.312 e. The minimum Gasteiger partial charge on any atom is -0.424 e. The molecule has 1 rings (SSSR count). The number of aromatic nitrogens is 1. The van der Waals surface area contributed by atoms with Crippen molar-refractivity contribution < 1.29 is 19.7 Å². The summed E-state index contributed by atoms with van der Waals surface area (Å²) in [5.74, 6) is 0.266. The number of carbonyl (C=O) groups excluding carboxylic acids is 1. The number of alkyl halides is 1. The lowest BCUT2D eigenvalue weighted by molar-refractivity contribution is -0.253. The Morgan fingerprint density at radius 3 is 2.76 bits per heavy atom. The van der Waals surface area contributed by atoms with Crippen LogP contribution in [0.4, 0.5) is 0 Å². The van der Waals surface area contributed by atoms with E-state index in [1.54, 1.807) is 19.9 Å². The third-order valence-corrected chi connectivity index (χ3v) is 2.30. The Bertz CT molecular complexity index is 385. The molecule has 5 nitrogen and oxygen atoms in total. The fraction of sp³-hybridized carbons (Fsp3) is 0.455. The predicted molar refractivity (Wildman–Crippen MR) is 62.1 cm³/mol. The van der Waals surface area contributed by atoms with Crippen molar-refractivity contribution in [1.29, 1.82) is 0 Å². The SMILES string of the molecule is Cc1cc(COO)nc(C)c1OC(=O)CCCl. The minimum atomic E-state index is -0.390. The van der Waals surface area contributed by atoms with Crippen molar-refractivity contribution in [3.8, 4) is 5.75 Å². The van der Waals surface area contributed by atoms with Gasteiger partial charge in [-0.3, -0.25) is 15.0 Å². The first-order chi connectivity index (χ1) is 8.08. The van der Waals surface area contributed by atoms with Gasteiger partial charge in [0.15, 0.2) is 5.75 Å². The topological polar surface area (TPSA) is 68.7 Å². The molecule has 0 aliphatic heterocycles. The Kier molecular flexibility index (Phi) is 5.34. The highest BCUT2D eigenvalue weighted by Crippen LogP contribution is 2.23. The van der Waals surface area contributed by atoms with Gasteiger partial charge in [-0.2, -0.15) is 0 Å². The van der Waals surface area contributed by atoms with Crippen molar-refractivity contribution in [2.45, 2.75) is 26.9 Å². The van der Waals surface area contributed by atoms with Gasteiger partial charge in [-0.15, -0.1) is 11.6 Å². The molecule has 0 saturated heterocycles. The summed E-state index contributed by atoms with van der Waals surface area (Å²) in [6.07, 6.45) is 0.155. The van der Waals surface area contributed by atoms with Gasteiger partial charge in [0.1, 0.15) is 6.61 Å². The van der Waals surface area contributed by atoms with Crippen LogP contribution in [0.3, 0.4) is 0 Å². The number of rotatable bonds is 5. The van der Waals surface area contributed by atoms with Crippen LogP contribution >= 0.6 is 11.6 Å². The molecule has 0 spiro atoms. The van der Waals surface area contributed by atoms with E-state index in [-0.39, 0.29) is 24.9 Å². The average Bonchev–Trinajstić information content (AvgIpc) is 2.24. The van der Waals surface area contributed by atoms with Gasteiger partial charge in [-0.1, -0.05) is 0 Å². The zero-order valence-electron chi connectivity index (χ0n) is 9.70. The van der Waals surface area contributed by atoms with Crippen LogP contribution in [0, 0.1) is 13.8 Å². The molecule has 1 aromatic rings. The first-order valence-electron chi connectivity index (χ1n) is 5.08. The van der Waals surface area contributed by atoms with Gasteiger partial charge in [-0.05, 0) is 25.5 Å². The number of aryl methyl sites for hydroxylation is 2. The summed E-state index contributed by atoms with van der Waals surface area (Å²) in [4.78, 5) is 19.5. The van der Waals surface area contributed by atoms with Crippen LogP contribution in [0.25, 0.3) is 0 Å². The lowest BCUT2D eigenvalue weighted by Crippen LogP contribution is -2.11. The normalized spacial score (nSPS) is 10.4. The van der Waals surface area contributed by atoms with Crippen molar-refractivity contribution >= 4 is 17.6 Å². The third-order valence-electron chi connectivity index (χ3n) is 2.11. The van der Waals surface area contributed by atoms with E-state index >= 15 is 0 Å². The second-order valence-electron chi connectivity index (χ2n) is 3.53. The number of pyridine rings is 1. The fourth-order valence-corrected chi connectivity index (χ4v) is 1.59. The van der Waals surface area contributed by atoms with Gasteiger partial charge in [-0.25, -0.2) is 4.89 Å². The van der Waals surface area contributed by atoms with E-state index in [2.05, 4.69) is 9.87 Å². The molecule has 17 heavy (non-hydrogen) atoms. The average molecular weight is 260 g/mol. The predicted octanol–water partition coefficient (Wildman–Crippen LogP) is 2.22. The number of hydrogen-bond donors (Lipinski definition) is 1. The molecule has 0 aliphatic carbocycles. The van der Waals surface area contributed by atoms with E-state index in [1.165, 1.54) is 0 Å². The first-order valence-corrected chi connectivity index (χ1v) is 5.62. The molecule has 0 atom stereocenters. The highest BCUT2D eigenvalue weighted by atomic mass is 35.5. The summed E-state index contributed by atoms with van der Waals surface area (Å²) in [5, 5.41) is 8.35. The van der Waals surface area contributed by atoms with Crippen molar-refractivity contribution in [2.75, 3.05) is 5.88 Å². The highest BCUT2D eigenvalue weighted by Gasteiger charge is 2.12. The van der Waals surface area contributed by atoms with Gasteiger partial charge in [0.25, 0.3) is 0 Å². The molecule has 0 bridgehead atoms. The zero-order valence-corrected chi connectivity index (χ0v) is 10.5. The number of hydrogen-bond acceptors (Lipinski definition) is 5. The molecule has 1 N–H and O–H groups in total. The Labute approximate surface area is 104 Å². The largest absolute Gasteiger partial charge is 0.424 e.